The van der Waals surface area contributed by atoms with E-state index in [1.54, 1.807) is 18.4 Å². The van der Waals surface area contributed by atoms with Gasteiger partial charge in [-0.05, 0) is 30.7 Å². The second-order valence-electron chi connectivity index (χ2n) is 3.02. The zero-order chi connectivity index (χ0) is 9.97. The topological polar surface area (TPSA) is 22.1 Å². The Morgan fingerprint density at radius 1 is 1.36 bits per heavy atom. The van der Waals surface area contributed by atoms with Gasteiger partial charge in [-0.2, -0.15) is 0 Å². The van der Waals surface area contributed by atoms with Crippen molar-refractivity contribution < 1.29 is 4.74 Å². The first-order valence-electron chi connectivity index (χ1n) is 4.36. The molecular formula is C11H11NOS. The molecule has 0 bridgehead atoms. The molecule has 3 heteroatoms. The molecule has 2 nitrogen and oxygen atoms in total. The first kappa shape index (κ1) is 9.21. The Bertz CT molecular complexity index is 423. The third kappa shape index (κ3) is 1.63. The van der Waals surface area contributed by atoms with Gasteiger partial charge >= 0.3 is 0 Å². The largest absolute Gasteiger partial charge is 0.496 e. The minimum absolute atomic E-state index is 0.922. The molecule has 0 amide bonds. The number of aryl methyl sites for hydroxylation is 1. The Balaban J connectivity index is 2.43. The number of rotatable bonds is 2. The molecular weight excluding hydrogens is 194 g/mol. The van der Waals surface area contributed by atoms with Gasteiger partial charge in [0.15, 0.2) is 0 Å². The third-order valence-corrected chi connectivity index (χ3v) is 2.90. The highest BCUT2D eigenvalue weighted by Gasteiger charge is 2.03. The molecule has 1 aromatic heterocycles. The number of methoxy groups -OCH3 is 1. The van der Waals surface area contributed by atoms with Gasteiger partial charge in [-0.25, -0.2) is 4.98 Å². The van der Waals surface area contributed by atoms with Gasteiger partial charge in [0.1, 0.15) is 10.8 Å². The first-order chi connectivity index (χ1) is 6.81. The SMILES string of the molecule is COc1ccc(-c2nccs2)cc1C. The van der Waals surface area contributed by atoms with Crippen LogP contribution in [0.2, 0.25) is 0 Å². The van der Waals surface area contributed by atoms with Gasteiger partial charge in [-0.15, -0.1) is 11.3 Å². The van der Waals surface area contributed by atoms with Gasteiger partial charge in [-0.3, -0.25) is 0 Å². The van der Waals surface area contributed by atoms with Gasteiger partial charge in [0.05, 0.1) is 7.11 Å². The van der Waals surface area contributed by atoms with Gasteiger partial charge in [0, 0.05) is 17.1 Å². The Hall–Kier alpha value is -1.35. The second-order valence-corrected chi connectivity index (χ2v) is 3.92. The van der Waals surface area contributed by atoms with E-state index in [1.165, 1.54) is 0 Å². The molecule has 2 rings (SSSR count). The van der Waals surface area contributed by atoms with Crippen LogP contribution in [0.5, 0.6) is 5.75 Å². The summed E-state index contributed by atoms with van der Waals surface area (Å²) < 4.78 is 5.20. The minimum atomic E-state index is 0.922. The van der Waals surface area contributed by atoms with Gasteiger partial charge in [0.2, 0.25) is 0 Å². The lowest BCUT2D eigenvalue weighted by Gasteiger charge is -2.05. The van der Waals surface area contributed by atoms with Crippen LogP contribution < -0.4 is 4.74 Å². The van der Waals surface area contributed by atoms with Crippen LogP contribution in [-0.2, 0) is 0 Å². The summed E-state index contributed by atoms with van der Waals surface area (Å²) in [7, 11) is 1.69. The minimum Gasteiger partial charge on any atom is -0.496 e. The fraction of sp³-hybridized carbons (Fsp3) is 0.182. The molecule has 0 aliphatic heterocycles. The molecule has 0 aliphatic carbocycles. The maximum atomic E-state index is 5.20. The summed E-state index contributed by atoms with van der Waals surface area (Å²) in [5.74, 6) is 0.922. The second kappa shape index (κ2) is 3.80. The van der Waals surface area contributed by atoms with E-state index < -0.39 is 0 Å². The lowest BCUT2D eigenvalue weighted by atomic mass is 10.1. The highest BCUT2D eigenvalue weighted by Crippen LogP contribution is 2.26. The molecule has 1 aromatic carbocycles. The van der Waals surface area contributed by atoms with Crippen LogP contribution in [0, 0.1) is 6.92 Å². The molecule has 0 unspecified atom stereocenters. The normalized spacial score (nSPS) is 10.1. The molecule has 0 atom stereocenters. The van der Waals surface area contributed by atoms with E-state index in [1.807, 2.05) is 30.6 Å². The highest BCUT2D eigenvalue weighted by molar-refractivity contribution is 7.13. The molecule has 2 aromatic rings. The van der Waals surface area contributed by atoms with E-state index in [4.69, 9.17) is 4.74 Å². The van der Waals surface area contributed by atoms with Gasteiger partial charge < -0.3 is 4.74 Å². The zero-order valence-corrected chi connectivity index (χ0v) is 8.97. The van der Waals surface area contributed by atoms with Crippen molar-refractivity contribution in [1.29, 1.82) is 0 Å². The van der Waals surface area contributed by atoms with Crippen LogP contribution in [0.1, 0.15) is 5.56 Å². The number of nitrogens with zero attached hydrogens (tertiary/aromatic N) is 1. The van der Waals surface area contributed by atoms with Crippen molar-refractivity contribution in [2.45, 2.75) is 6.92 Å². The van der Waals surface area contributed by atoms with Gasteiger partial charge in [0.25, 0.3) is 0 Å². The first-order valence-corrected chi connectivity index (χ1v) is 5.24. The van der Waals surface area contributed by atoms with Crippen LogP contribution in [0.25, 0.3) is 10.6 Å². The lowest BCUT2D eigenvalue weighted by molar-refractivity contribution is 0.412. The molecule has 0 fully saturated rings. The quantitative estimate of drug-likeness (QED) is 0.751. The third-order valence-electron chi connectivity index (χ3n) is 2.07. The van der Waals surface area contributed by atoms with Crippen LogP contribution in [0.15, 0.2) is 29.8 Å². The summed E-state index contributed by atoms with van der Waals surface area (Å²) in [6.45, 7) is 2.04. The zero-order valence-electron chi connectivity index (χ0n) is 8.15. The predicted octanol–water partition coefficient (Wildman–Crippen LogP) is 3.13. The van der Waals surface area contributed by atoms with Crippen molar-refractivity contribution in [2.75, 3.05) is 7.11 Å². The average molecular weight is 205 g/mol. The van der Waals surface area contributed by atoms with Crippen molar-refractivity contribution in [3.05, 3.63) is 35.3 Å². The summed E-state index contributed by atoms with van der Waals surface area (Å²) in [5.41, 5.74) is 2.29. The summed E-state index contributed by atoms with van der Waals surface area (Å²) in [6, 6.07) is 6.11. The van der Waals surface area contributed by atoms with Gasteiger partial charge in [-0.1, -0.05) is 0 Å². The van der Waals surface area contributed by atoms with E-state index in [-0.39, 0.29) is 0 Å². The molecule has 0 saturated carbocycles. The predicted molar refractivity (Wildman–Crippen MR) is 58.8 cm³/mol. The lowest BCUT2D eigenvalue weighted by Crippen LogP contribution is -1.87. The van der Waals surface area contributed by atoms with Crippen LogP contribution in [0.4, 0.5) is 0 Å². The average Bonchev–Trinajstić information content (AvgIpc) is 2.70. The maximum absolute atomic E-state index is 5.20. The fourth-order valence-electron chi connectivity index (χ4n) is 1.38. The van der Waals surface area contributed by atoms with E-state index in [0.717, 1.165) is 21.9 Å². The Morgan fingerprint density at radius 3 is 2.79 bits per heavy atom. The van der Waals surface area contributed by atoms with Crippen molar-refractivity contribution in [3.63, 3.8) is 0 Å². The summed E-state index contributed by atoms with van der Waals surface area (Å²) in [4.78, 5) is 4.26. The molecule has 0 radical (unpaired) electrons. The van der Waals surface area contributed by atoms with Crippen molar-refractivity contribution in [2.24, 2.45) is 0 Å². The molecule has 0 aliphatic rings. The molecule has 0 N–H and O–H groups in total. The number of hydrogen-bond acceptors (Lipinski definition) is 3. The Kier molecular flexibility index (Phi) is 2.50. The molecule has 0 saturated heterocycles. The maximum Gasteiger partial charge on any atom is 0.123 e. The standard InChI is InChI=1S/C11H11NOS/c1-8-7-9(3-4-10(8)13-2)11-12-5-6-14-11/h3-7H,1-2H3. The van der Waals surface area contributed by atoms with E-state index in [9.17, 15) is 0 Å². The monoisotopic (exact) mass is 205 g/mol. The number of thiazole rings is 1. The Morgan fingerprint density at radius 2 is 2.21 bits per heavy atom. The van der Waals surface area contributed by atoms with E-state index in [0.29, 0.717) is 0 Å². The molecule has 72 valence electrons. The smallest absolute Gasteiger partial charge is 0.123 e. The number of benzene rings is 1. The number of hydrogen-bond donors (Lipinski definition) is 0. The van der Waals surface area contributed by atoms with Crippen LogP contribution in [-0.4, -0.2) is 12.1 Å². The summed E-state index contributed by atoms with van der Waals surface area (Å²) in [5, 5.41) is 3.03. The van der Waals surface area contributed by atoms with E-state index >= 15 is 0 Å². The highest BCUT2D eigenvalue weighted by atomic mass is 32.1. The number of aromatic nitrogens is 1. The van der Waals surface area contributed by atoms with Crippen molar-refractivity contribution in [1.82, 2.24) is 4.98 Å². The van der Waals surface area contributed by atoms with E-state index in [2.05, 4.69) is 11.1 Å². The number of ether oxygens (including phenoxy) is 1. The molecule has 0 spiro atoms. The van der Waals surface area contributed by atoms with Crippen molar-refractivity contribution in [3.8, 4) is 16.3 Å². The van der Waals surface area contributed by atoms with Crippen LogP contribution in [0.3, 0.4) is 0 Å². The Labute approximate surface area is 87.2 Å². The molecule has 14 heavy (non-hydrogen) atoms. The molecule has 1 heterocycles. The summed E-state index contributed by atoms with van der Waals surface area (Å²) in [6.07, 6.45) is 1.82. The van der Waals surface area contributed by atoms with Crippen molar-refractivity contribution >= 4 is 11.3 Å². The van der Waals surface area contributed by atoms with Crippen LogP contribution >= 0.6 is 11.3 Å². The summed E-state index contributed by atoms with van der Waals surface area (Å²) >= 11 is 1.65. The fourth-order valence-corrected chi connectivity index (χ4v) is 2.01.